The van der Waals surface area contributed by atoms with Crippen molar-refractivity contribution in [1.29, 1.82) is 0 Å². The van der Waals surface area contributed by atoms with Crippen LogP contribution in [0.4, 0.5) is 14.5 Å². The number of hydrogen-bond donors (Lipinski definition) is 1. The van der Waals surface area contributed by atoms with Crippen molar-refractivity contribution in [1.82, 2.24) is 4.72 Å². The Hall–Kier alpha value is -2.29. The van der Waals surface area contributed by atoms with E-state index in [9.17, 15) is 4.79 Å². The predicted molar refractivity (Wildman–Crippen MR) is 161 cm³/mol. The fourth-order valence-corrected chi connectivity index (χ4v) is 7.24. The zero-order valence-electron chi connectivity index (χ0n) is 23.9. The van der Waals surface area contributed by atoms with Crippen LogP contribution < -0.4 is 14.4 Å². The SMILES string of the molecule is CCCc1cc(Cl)ccc1C1COc2c3cc(c(F)c2F)SNC(=O)C(C)CC/C=C/C(OC)C2CCC2CN3C1. The molecule has 0 aromatic heterocycles. The number of ether oxygens (including phenoxy) is 2. The molecule has 9 heteroatoms. The smallest absolute Gasteiger partial charge is 0.232 e. The number of carbonyl (C=O) groups excluding carboxylic acids is 1. The van der Waals surface area contributed by atoms with Gasteiger partial charge in [-0.1, -0.05) is 50.1 Å². The Labute approximate surface area is 251 Å². The first kappa shape index (κ1) is 30.2. The van der Waals surface area contributed by atoms with E-state index < -0.39 is 11.6 Å². The van der Waals surface area contributed by atoms with E-state index >= 15 is 8.78 Å². The van der Waals surface area contributed by atoms with Crippen molar-refractivity contribution in [2.24, 2.45) is 17.8 Å². The molecule has 5 atom stereocenters. The number of nitrogens with one attached hydrogen (secondary N) is 1. The van der Waals surface area contributed by atoms with E-state index in [1.165, 1.54) is 0 Å². The highest BCUT2D eigenvalue weighted by atomic mass is 35.5. The van der Waals surface area contributed by atoms with Crippen molar-refractivity contribution in [3.05, 3.63) is 64.2 Å². The quantitative estimate of drug-likeness (QED) is 0.286. The standard InChI is InChI=1S/C32H39ClF2N2O3S/c1-4-7-20-14-23(33)11-13-24(20)22-17-37-16-21-10-12-25(21)27(39-3)9-6-5-8-19(2)32(38)36-41-28-15-26(37)31(40-18-22)30(35)29(28)34/h6,9,11,13-15,19,21-22,25,27H,4-5,7-8,10,12,16-18H2,1-3H3,(H,36,38)/b9-6+. The van der Waals surface area contributed by atoms with E-state index in [0.717, 1.165) is 55.2 Å². The number of methoxy groups -OCH3 is 1. The molecule has 222 valence electrons. The summed E-state index contributed by atoms with van der Waals surface area (Å²) in [7, 11) is 1.74. The number of benzene rings is 2. The summed E-state index contributed by atoms with van der Waals surface area (Å²) in [4.78, 5) is 14.9. The van der Waals surface area contributed by atoms with Crippen LogP contribution in [0.2, 0.25) is 5.02 Å². The maximum absolute atomic E-state index is 15.7. The zero-order valence-corrected chi connectivity index (χ0v) is 25.5. The van der Waals surface area contributed by atoms with Crippen LogP contribution >= 0.6 is 23.5 Å². The second kappa shape index (κ2) is 13.3. The summed E-state index contributed by atoms with van der Waals surface area (Å²) < 4.78 is 45.8. The van der Waals surface area contributed by atoms with Crippen LogP contribution in [0.3, 0.4) is 0 Å². The largest absolute Gasteiger partial charge is 0.488 e. The summed E-state index contributed by atoms with van der Waals surface area (Å²) in [6.07, 6.45) is 9.51. The lowest BCUT2D eigenvalue weighted by Gasteiger charge is -2.43. The number of allylic oxidation sites excluding steroid dienone is 1. The average molecular weight is 605 g/mol. The summed E-state index contributed by atoms with van der Waals surface area (Å²) in [5.74, 6) is -2.01. The van der Waals surface area contributed by atoms with Crippen molar-refractivity contribution in [3.63, 3.8) is 0 Å². The zero-order chi connectivity index (χ0) is 29.1. The second-order valence-electron chi connectivity index (χ2n) is 11.5. The van der Waals surface area contributed by atoms with Crippen molar-refractivity contribution >= 4 is 35.1 Å². The number of anilines is 1. The molecule has 1 N–H and O–H groups in total. The third-order valence-corrected chi connectivity index (χ3v) is 9.87. The Morgan fingerprint density at radius 3 is 2.73 bits per heavy atom. The highest BCUT2D eigenvalue weighted by Gasteiger charge is 2.39. The maximum Gasteiger partial charge on any atom is 0.232 e. The molecule has 5 unspecified atom stereocenters. The summed E-state index contributed by atoms with van der Waals surface area (Å²) in [6.45, 7) is 5.44. The molecule has 2 aliphatic heterocycles. The molecule has 0 spiro atoms. The fourth-order valence-electron chi connectivity index (χ4n) is 6.29. The lowest BCUT2D eigenvalue weighted by Crippen LogP contribution is -2.44. The van der Waals surface area contributed by atoms with Gasteiger partial charge in [0.1, 0.15) is 0 Å². The molecule has 0 radical (unpaired) electrons. The highest BCUT2D eigenvalue weighted by Crippen LogP contribution is 2.45. The van der Waals surface area contributed by atoms with E-state index in [2.05, 4.69) is 28.7 Å². The van der Waals surface area contributed by atoms with Gasteiger partial charge in [-0.05, 0) is 85.2 Å². The number of carbonyl (C=O) groups is 1. The van der Waals surface area contributed by atoms with Gasteiger partial charge in [0.05, 0.1) is 23.3 Å². The summed E-state index contributed by atoms with van der Waals surface area (Å²) >= 11 is 7.18. The predicted octanol–water partition coefficient (Wildman–Crippen LogP) is 7.70. The summed E-state index contributed by atoms with van der Waals surface area (Å²) in [5.41, 5.74) is 2.79. The molecule has 5 nitrogen and oxygen atoms in total. The Balaban J connectivity index is 1.56. The lowest BCUT2D eigenvalue weighted by atomic mass is 9.70. The van der Waals surface area contributed by atoms with E-state index in [0.29, 0.717) is 42.1 Å². The monoisotopic (exact) mass is 604 g/mol. The van der Waals surface area contributed by atoms with Gasteiger partial charge in [0.2, 0.25) is 11.7 Å². The number of nitrogens with zero attached hydrogens (tertiary/aromatic N) is 1. The van der Waals surface area contributed by atoms with Crippen LogP contribution in [0.1, 0.15) is 63.0 Å². The van der Waals surface area contributed by atoms with Gasteiger partial charge in [0.15, 0.2) is 11.6 Å². The fraction of sp³-hybridized carbons (Fsp3) is 0.531. The van der Waals surface area contributed by atoms with E-state index in [1.54, 1.807) is 13.2 Å². The van der Waals surface area contributed by atoms with E-state index in [-0.39, 0.29) is 41.1 Å². The van der Waals surface area contributed by atoms with Crippen LogP contribution in [-0.2, 0) is 16.0 Å². The minimum atomic E-state index is -1.02. The van der Waals surface area contributed by atoms with Gasteiger partial charge in [0.25, 0.3) is 0 Å². The van der Waals surface area contributed by atoms with Crippen molar-refractivity contribution < 1.29 is 23.0 Å². The summed E-state index contributed by atoms with van der Waals surface area (Å²) in [5, 5.41) is 0.683. The molecule has 2 heterocycles. The van der Waals surface area contributed by atoms with Crippen molar-refractivity contribution in [2.75, 3.05) is 31.7 Å². The molecule has 1 aliphatic carbocycles. The van der Waals surface area contributed by atoms with Crippen LogP contribution in [0.15, 0.2) is 41.3 Å². The second-order valence-corrected chi connectivity index (χ2v) is 12.8. The molecule has 5 rings (SSSR count). The van der Waals surface area contributed by atoms with Crippen LogP contribution in [0.25, 0.3) is 0 Å². The molecule has 1 saturated carbocycles. The maximum atomic E-state index is 15.7. The van der Waals surface area contributed by atoms with Crippen LogP contribution in [-0.4, -0.2) is 38.8 Å². The normalized spacial score (nSPS) is 27.6. The molecular weight excluding hydrogens is 566 g/mol. The Morgan fingerprint density at radius 2 is 2.00 bits per heavy atom. The van der Waals surface area contributed by atoms with E-state index in [4.69, 9.17) is 21.1 Å². The van der Waals surface area contributed by atoms with Gasteiger partial charge in [-0.25, -0.2) is 4.39 Å². The topological polar surface area (TPSA) is 50.8 Å². The van der Waals surface area contributed by atoms with Gasteiger partial charge in [-0.3, -0.25) is 9.52 Å². The third-order valence-electron chi connectivity index (χ3n) is 8.81. The minimum absolute atomic E-state index is 0.0345. The number of hydrogen-bond acceptors (Lipinski definition) is 5. The van der Waals surface area contributed by atoms with Crippen LogP contribution in [0.5, 0.6) is 5.75 Å². The number of fused-ring (bicyclic) bond motifs is 2. The highest BCUT2D eigenvalue weighted by molar-refractivity contribution is 7.98. The number of rotatable bonds is 4. The number of aryl methyl sites for hydroxylation is 1. The molecular formula is C32H39ClF2N2O3S. The first-order valence-electron chi connectivity index (χ1n) is 14.6. The van der Waals surface area contributed by atoms with Gasteiger partial charge in [-0.2, -0.15) is 4.39 Å². The molecule has 2 aromatic carbocycles. The van der Waals surface area contributed by atoms with Gasteiger partial charge in [-0.15, -0.1) is 0 Å². The molecule has 2 aromatic rings. The Morgan fingerprint density at radius 1 is 1.17 bits per heavy atom. The number of amides is 1. The minimum Gasteiger partial charge on any atom is -0.488 e. The molecule has 2 bridgehead atoms. The molecule has 1 fully saturated rings. The number of halogens is 3. The Kier molecular flexibility index (Phi) is 9.82. The first-order valence-corrected chi connectivity index (χ1v) is 15.8. The van der Waals surface area contributed by atoms with Crippen molar-refractivity contribution in [2.45, 2.75) is 69.3 Å². The van der Waals surface area contributed by atoms with Crippen LogP contribution in [0, 0.1) is 29.4 Å². The Bertz CT molecular complexity index is 1290. The van der Waals surface area contributed by atoms with Gasteiger partial charge in [0, 0.05) is 37.1 Å². The van der Waals surface area contributed by atoms with Gasteiger partial charge < -0.3 is 14.4 Å². The van der Waals surface area contributed by atoms with Crippen molar-refractivity contribution in [3.8, 4) is 5.75 Å². The molecule has 41 heavy (non-hydrogen) atoms. The van der Waals surface area contributed by atoms with Gasteiger partial charge >= 0.3 is 0 Å². The lowest BCUT2D eigenvalue weighted by molar-refractivity contribution is -0.122. The molecule has 3 aliphatic rings. The first-order chi connectivity index (χ1) is 19.8. The molecule has 0 saturated heterocycles. The van der Waals surface area contributed by atoms with E-state index in [1.807, 2.05) is 25.1 Å². The third kappa shape index (κ3) is 6.55. The average Bonchev–Trinajstić information content (AvgIpc) is 3.12. The summed E-state index contributed by atoms with van der Waals surface area (Å²) in [6, 6.07) is 7.57. The molecule has 1 amide bonds.